The number of pyridine rings is 3. The standard InChI is InChI=1S/C26H25N5O/c1-30-10-12-31(13-11-30)26-16-20(7-9-28-26)25(32)17-23-15-22-14-19(5-6-21(22)18-29-23)24-4-2-3-8-27-24/h2-9,14-16,18H,10-13,17H2,1H3. The Balaban J connectivity index is 1.36. The van der Waals surface area contributed by atoms with Crippen LogP contribution in [0.1, 0.15) is 16.1 Å². The number of aromatic nitrogens is 3. The van der Waals surface area contributed by atoms with Crippen LogP contribution in [0.15, 0.2) is 73.2 Å². The molecular weight excluding hydrogens is 398 g/mol. The van der Waals surface area contributed by atoms with E-state index in [0.717, 1.165) is 59.7 Å². The molecular formula is C26H25N5O. The first kappa shape index (κ1) is 20.3. The Bertz CT molecular complexity index is 1250. The summed E-state index contributed by atoms with van der Waals surface area (Å²) in [7, 11) is 2.13. The van der Waals surface area contributed by atoms with E-state index in [1.165, 1.54) is 0 Å². The summed E-state index contributed by atoms with van der Waals surface area (Å²) in [5.74, 6) is 0.922. The maximum atomic E-state index is 13.0. The third-order valence-corrected chi connectivity index (χ3v) is 5.98. The molecule has 4 heterocycles. The minimum Gasteiger partial charge on any atom is -0.354 e. The van der Waals surface area contributed by atoms with Crippen molar-refractivity contribution in [1.29, 1.82) is 0 Å². The number of benzene rings is 1. The molecule has 0 spiro atoms. The number of nitrogens with zero attached hydrogens (tertiary/aromatic N) is 5. The highest BCUT2D eigenvalue weighted by Gasteiger charge is 2.17. The Labute approximate surface area is 187 Å². The second-order valence-electron chi connectivity index (χ2n) is 8.25. The number of ketones is 1. The summed E-state index contributed by atoms with van der Waals surface area (Å²) in [6.07, 6.45) is 5.62. The van der Waals surface area contributed by atoms with Crippen LogP contribution in [0.2, 0.25) is 0 Å². The number of likely N-dealkylation sites (N-methyl/N-ethyl adjacent to an activating group) is 1. The fraction of sp³-hybridized carbons (Fsp3) is 0.231. The van der Waals surface area contributed by atoms with E-state index in [-0.39, 0.29) is 12.2 Å². The highest BCUT2D eigenvalue weighted by Crippen LogP contribution is 2.24. The molecule has 1 aliphatic heterocycles. The Morgan fingerprint density at radius 1 is 0.875 bits per heavy atom. The van der Waals surface area contributed by atoms with Crippen molar-refractivity contribution in [3.63, 3.8) is 0 Å². The zero-order valence-electron chi connectivity index (χ0n) is 18.1. The van der Waals surface area contributed by atoms with E-state index in [2.05, 4.69) is 37.9 Å². The number of piperazine rings is 1. The van der Waals surface area contributed by atoms with E-state index in [4.69, 9.17) is 0 Å². The van der Waals surface area contributed by atoms with Gasteiger partial charge >= 0.3 is 0 Å². The first-order valence-electron chi connectivity index (χ1n) is 10.9. The van der Waals surface area contributed by atoms with Gasteiger partial charge in [-0.1, -0.05) is 18.2 Å². The van der Waals surface area contributed by atoms with Crippen LogP contribution < -0.4 is 4.90 Å². The summed E-state index contributed by atoms with van der Waals surface area (Å²) in [4.78, 5) is 31.0. The number of carbonyl (C=O) groups is 1. The average molecular weight is 424 g/mol. The second kappa shape index (κ2) is 8.85. The van der Waals surface area contributed by atoms with Crippen LogP contribution in [0, 0.1) is 0 Å². The van der Waals surface area contributed by atoms with Gasteiger partial charge in [-0.2, -0.15) is 0 Å². The molecule has 1 aliphatic rings. The van der Waals surface area contributed by atoms with Gasteiger partial charge in [-0.25, -0.2) is 4.98 Å². The highest BCUT2D eigenvalue weighted by atomic mass is 16.1. The summed E-state index contributed by atoms with van der Waals surface area (Å²) in [6.45, 7) is 3.85. The zero-order valence-corrected chi connectivity index (χ0v) is 18.1. The molecule has 6 nitrogen and oxygen atoms in total. The van der Waals surface area contributed by atoms with Crippen LogP contribution in [-0.4, -0.2) is 58.9 Å². The second-order valence-corrected chi connectivity index (χ2v) is 8.25. The van der Waals surface area contributed by atoms with E-state index in [1.807, 2.05) is 48.7 Å². The summed E-state index contributed by atoms with van der Waals surface area (Å²) in [6, 6.07) is 17.8. The number of carbonyl (C=O) groups excluding carboxylic acids is 1. The van der Waals surface area contributed by atoms with Gasteiger partial charge in [0.25, 0.3) is 0 Å². The molecule has 160 valence electrons. The van der Waals surface area contributed by atoms with Crippen molar-refractivity contribution in [3.05, 3.63) is 84.4 Å². The molecule has 1 aromatic carbocycles. The topological polar surface area (TPSA) is 62.2 Å². The van der Waals surface area contributed by atoms with Crippen molar-refractivity contribution in [2.75, 3.05) is 38.1 Å². The lowest BCUT2D eigenvalue weighted by Gasteiger charge is -2.33. The molecule has 32 heavy (non-hydrogen) atoms. The fourth-order valence-electron chi connectivity index (χ4n) is 4.04. The summed E-state index contributed by atoms with van der Waals surface area (Å²) >= 11 is 0. The van der Waals surface area contributed by atoms with Crippen LogP contribution in [0.3, 0.4) is 0 Å². The van der Waals surface area contributed by atoms with Crippen LogP contribution in [0.25, 0.3) is 22.0 Å². The number of fused-ring (bicyclic) bond motifs is 1. The van der Waals surface area contributed by atoms with Gasteiger partial charge < -0.3 is 9.80 Å². The van der Waals surface area contributed by atoms with Crippen LogP contribution in [-0.2, 0) is 6.42 Å². The molecule has 3 aromatic heterocycles. The fourth-order valence-corrected chi connectivity index (χ4v) is 4.04. The molecule has 0 N–H and O–H groups in total. The lowest BCUT2D eigenvalue weighted by molar-refractivity contribution is 0.0992. The quantitative estimate of drug-likeness (QED) is 0.454. The minimum absolute atomic E-state index is 0.0514. The van der Waals surface area contributed by atoms with E-state index >= 15 is 0 Å². The molecule has 0 aliphatic carbocycles. The number of hydrogen-bond acceptors (Lipinski definition) is 6. The maximum Gasteiger partial charge on any atom is 0.169 e. The first-order chi connectivity index (χ1) is 15.7. The van der Waals surface area contributed by atoms with Crippen LogP contribution in [0.4, 0.5) is 5.82 Å². The monoisotopic (exact) mass is 423 g/mol. The largest absolute Gasteiger partial charge is 0.354 e. The Kier molecular flexibility index (Phi) is 5.60. The maximum absolute atomic E-state index is 13.0. The van der Waals surface area contributed by atoms with Gasteiger partial charge in [0, 0.05) is 67.0 Å². The summed E-state index contributed by atoms with van der Waals surface area (Å²) < 4.78 is 0. The molecule has 0 saturated carbocycles. The predicted octanol–water partition coefficient (Wildman–Crippen LogP) is 3.87. The van der Waals surface area contributed by atoms with Gasteiger partial charge in [0.2, 0.25) is 0 Å². The third-order valence-electron chi connectivity index (χ3n) is 5.98. The molecule has 5 rings (SSSR count). The highest BCUT2D eigenvalue weighted by molar-refractivity contribution is 5.98. The molecule has 0 radical (unpaired) electrons. The van der Waals surface area contributed by atoms with Crippen molar-refractivity contribution < 1.29 is 4.79 Å². The van der Waals surface area contributed by atoms with Crippen LogP contribution >= 0.6 is 0 Å². The lowest BCUT2D eigenvalue weighted by Crippen LogP contribution is -2.44. The van der Waals surface area contributed by atoms with Gasteiger partial charge in [0.15, 0.2) is 5.78 Å². The van der Waals surface area contributed by atoms with E-state index in [9.17, 15) is 4.79 Å². The number of Topliss-reactive ketones (excluding diaryl/α,β-unsaturated/α-hetero) is 1. The molecule has 0 amide bonds. The number of rotatable bonds is 5. The van der Waals surface area contributed by atoms with Gasteiger partial charge in [0.1, 0.15) is 5.82 Å². The normalized spacial score (nSPS) is 14.6. The Morgan fingerprint density at radius 2 is 1.75 bits per heavy atom. The first-order valence-corrected chi connectivity index (χ1v) is 10.9. The predicted molar refractivity (Wildman–Crippen MR) is 127 cm³/mol. The van der Waals surface area contributed by atoms with Gasteiger partial charge in [-0.15, -0.1) is 0 Å². The van der Waals surface area contributed by atoms with Gasteiger partial charge in [-0.3, -0.25) is 14.8 Å². The van der Waals surface area contributed by atoms with E-state index in [0.29, 0.717) is 5.56 Å². The molecule has 6 heteroatoms. The lowest BCUT2D eigenvalue weighted by atomic mass is 10.0. The third kappa shape index (κ3) is 4.36. The summed E-state index contributed by atoms with van der Waals surface area (Å²) in [5, 5.41) is 2.10. The SMILES string of the molecule is CN1CCN(c2cc(C(=O)Cc3cc4cc(-c5ccccn5)ccc4cn3)ccn2)CC1. The van der Waals surface area contributed by atoms with Crippen molar-refractivity contribution in [2.24, 2.45) is 0 Å². The van der Waals surface area contributed by atoms with Gasteiger partial charge in [-0.05, 0) is 48.8 Å². The molecule has 1 saturated heterocycles. The Hall–Kier alpha value is -3.64. The van der Waals surface area contributed by atoms with Crippen LogP contribution in [0.5, 0.6) is 0 Å². The smallest absolute Gasteiger partial charge is 0.169 e. The van der Waals surface area contributed by atoms with E-state index in [1.54, 1.807) is 18.5 Å². The van der Waals surface area contributed by atoms with Crippen molar-refractivity contribution in [3.8, 4) is 11.3 Å². The Morgan fingerprint density at radius 3 is 2.56 bits per heavy atom. The average Bonchev–Trinajstić information content (AvgIpc) is 2.84. The van der Waals surface area contributed by atoms with E-state index < -0.39 is 0 Å². The zero-order chi connectivity index (χ0) is 21.9. The molecule has 0 unspecified atom stereocenters. The molecule has 0 atom stereocenters. The number of anilines is 1. The van der Waals surface area contributed by atoms with Crippen molar-refractivity contribution in [1.82, 2.24) is 19.9 Å². The number of hydrogen-bond donors (Lipinski definition) is 0. The van der Waals surface area contributed by atoms with Crippen molar-refractivity contribution >= 4 is 22.4 Å². The molecule has 0 bridgehead atoms. The minimum atomic E-state index is 0.0514. The molecule has 4 aromatic rings. The van der Waals surface area contributed by atoms with Crippen molar-refractivity contribution in [2.45, 2.75) is 6.42 Å². The summed E-state index contributed by atoms with van der Waals surface area (Å²) in [5.41, 5.74) is 3.42. The van der Waals surface area contributed by atoms with Gasteiger partial charge in [0.05, 0.1) is 12.1 Å². The molecule has 1 fully saturated rings.